The van der Waals surface area contributed by atoms with Gasteiger partial charge in [0, 0.05) is 11.8 Å². The predicted octanol–water partition coefficient (Wildman–Crippen LogP) is 6.39. The van der Waals surface area contributed by atoms with Crippen LogP contribution < -0.4 is 4.74 Å². The number of benzene rings is 1. The van der Waals surface area contributed by atoms with Crippen molar-refractivity contribution < 1.29 is 9.53 Å². The molecule has 0 amide bonds. The van der Waals surface area contributed by atoms with Crippen LogP contribution in [0.5, 0.6) is 5.75 Å². The molecule has 140 valence electrons. The normalized spacial score (nSPS) is 27.0. The average molecular weight is 353 g/mol. The quantitative estimate of drug-likeness (QED) is 0.616. The number of fused-ring (bicyclic) bond motifs is 1. The molecule has 0 aromatic heterocycles. The first-order valence-electron chi connectivity index (χ1n) is 9.63. The van der Waals surface area contributed by atoms with Crippen molar-refractivity contribution >= 4 is 11.4 Å². The zero-order chi connectivity index (χ0) is 19.5. The van der Waals surface area contributed by atoms with Gasteiger partial charge in [-0.05, 0) is 72.6 Å². The Morgan fingerprint density at radius 1 is 1.31 bits per heavy atom. The van der Waals surface area contributed by atoms with E-state index in [-0.39, 0.29) is 5.41 Å². The molecule has 2 aliphatic carbocycles. The minimum absolute atomic E-state index is 0.105. The molecular formula is C24H32O2. The second-order valence-corrected chi connectivity index (χ2v) is 7.29. The molecule has 2 unspecified atom stereocenters. The number of carbonyl (C=O) groups is 1. The van der Waals surface area contributed by atoms with Crippen molar-refractivity contribution in [2.75, 3.05) is 7.11 Å². The van der Waals surface area contributed by atoms with E-state index < -0.39 is 0 Å². The van der Waals surface area contributed by atoms with Gasteiger partial charge in [-0.3, -0.25) is 4.79 Å². The largest absolute Gasteiger partial charge is 0.497 e. The monoisotopic (exact) mass is 352 g/mol. The van der Waals surface area contributed by atoms with Gasteiger partial charge in [0.2, 0.25) is 0 Å². The van der Waals surface area contributed by atoms with E-state index in [1.807, 2.05) is 32.9 Å². The molecule has 26 heavy (non-hydrogen) atoms. The lowest BCUT2D eigenvalue weighted by molar-refractivity contribution is -0.117. The summed E-state index contributed by atoms with van der Waals surface area (Å²) in [5.74, 6) is 1.54. The summed E-state index contributed by atoms with van der Waals surface area (Å²) in [4.78, 5) is 12.1. The Balaban J connectivity index is 0.00000117. The van der Waals surface area contributed by atoms with E-state index >= 15 is 0 Å². The zero-order valence-corrected chi connectivity index (χ0v) is 17.1. The number of Topliss-reactive ketones (excluding diaryl/α,β-unsaturated/α-hetero) is 1. The maximum absolute atomic E-state index is 12.1. The van der Waals surface area contributed by atoms with Crippen LogP contribution in [-0.4, -0.2) is 12.9 Å². The number of rotatable bonds is 2. The van der Waals surface area contributed by atoms with Gasteiger partial charge in [0.15, 0.2) is 5.78 Å². The van der Waals surface area contributed by atoms with Gasteiger partial charge in [0.1, 0.15) is 5.75 Å². The molecule has 0 bridgehead atoms. The molecule has 0 aliphatic heterocycles. The Bertz CT molecular complexity index is 766. The van der Waals surface area contributed by atoms with Gasteiger partial charge in [-0.2, -0.15) is 0 Å². The van der Waals surface area contributed by atoms with Crippen LogP contribution in [0.1, 0.15) is 59.4 Å². The summed E-state index contributed by atoms with van der Waals surface area (Å²) in [5, 5.41) is 0. The molecular weight excluding hydrogens is 320 g/mol. The SMILES string of the molecule is C=C1/C(=C(\C)c2cccc(OC)c2)CCC2CC(=O)C(C)=CC12C.CC. The lowest BCUT2D eigenvalue weighted by Gasteiger charge is -2.45. The summed E-state index contributed by atoms with van der Waals surface area (Å²) >= 11 is 0. The minimum atomic E-state index is -0.105. The van der Waals surface area contributed by atoms with Crippen molar-refractivity contribution in [3.63, 3.8) is 0 Å². The Morgan fingerprint density at radius 3 is 2.65 bits per heavy atom. The number of hydrogen-bond acceptors (Lipinski definition) is 2. The molecule has 1 saturated carbocycles. The summed E-state index contributed by atoms with van der Waals surface area (Å²) < 4.78 is 5.36. The van der Waals surface area contributed by atoms with Crippen molar-refractivity contribution in [2.45, 2.75) is 53.9 Å². The summed E-state index contributed by atoms with van der Waals surface area (Å²) in [6.45, 7) is 14.8. The molecule has 2 nitrogen and oxygen atoms in total. The molecule has 1 aromatic rings. The molecule has 3 rings (SSSR count). The van der Waals surface area contributed by atoms with E-state index in [1.165, 1.54) is 22.3 Å². The second-order valence-electron chi connectivity index (χ2n) is 7.29. The highest BCUT2D eigenvalue weighted by Gasteiger charge is 2.44. The highest BCUT2D eigenvalue weighted by Crippen LogP contribution is 2.53. The molecule has 0 N–H and O–H groups in total. The number of methoxy groups -OCH3 is 1. The number of hydrogen-bond donors (Lipinski definition) is 0. The summed E-state index contributed by atoms with van der Waals surface area (Å²) in [6, 6.07) is 8.19. The Kier molecular flexibility index (Phi) is 6.28. The van der Waals surface area contributed by atoms with Gasteiger partial charge in [0.25, 0.3) is 0 Å². The van der Waals surface area contributed by atoms with E-state index in [2.05, 4.69) is 38.6 Å². The van der Waals surface area contributed by atoms with Crippen LogP contribution in [0.3, 0.4) is 0 Å². The lowest BCUT2D eigenvalue weighted by atomic mass is 9.58. The van der Waals surface area contributed by atoms with Gasteiger partial charge < -0.3 is 4.74 Å². The van der Waals surface area contributed by atoms with Crippen LogP contribution in [0, 0.1) is 11.3 Å². The maximum Gasteiger partial charge on any atom is 0.158 e. The van der Waals surface area contributed by atoms with Crippen LogP contribution in [-0.2, 0) is 4.79 Å². The maximum atomic E-state index is 12.1. The second kappa shape index (κ2) is 8.07. The van der Waals surface area contributed by atoms with E-state index in [4.69, 9.17) is 4.74 Å². The average Bonchev–Trinajstić information content (AvgIpc) is 2.66. The minimum Gasteiger partial charge on any atom is -0.497 e. The smallest absolute Gasteiger partial charge is 0.158 e. The van der Waals surface area contributed by atoms with E-state index in [0.717, 1.165) is 24.2 Å². The highest BCUT2D eigenvalue weighted by atomic mass is 16.5. The first kappa shape index (κ1) is 20.2. The van der Waals surface area contributed by atoms with Crippen LogP contribution >= 0.6 is 0 Å². The summed E-state index contributed by atoms with van der Waals surface area (Å²) in [6.07, 6.45) is 4.84. The van der Waals surface area contributed by atoms with Crippen molar-refractivity contribution in [1.82, 2.24) is 0 Å². The van der Waals surface area contributed by atoms with Crippen molar-refractivity contribution in [1.29, 1.82) is 0 Å². The highest BCUT2D eigenvalue weighted by molar-refractivity contribution is 5.96. The van der Waals surface area contributed by atoms with Gasteiger partial charge in [-0.25, -0.2) is 0 Å². The van der Waals surface area contributed by atoms with Crippen LogP contribution in [0.25, 0.3) is 5.57 Å². The number of ether oxygens (including phenoxy) is 1. The molecule has 1 fully saturated rings. The molecule has 2 heteroatoms. The predicted molar refractivity (Wildman–Crippen MR) is 110 cm³/mol. The van der Waals surface area contributed by atoms with Crippen molar-refractivity contribution in [3.8, 4) is 5.75 Å². The van der Waals surface area contributed by atoms with Crippen LogP contribution in [0.4, 0.5) is 0 Å². The fourth-order valence-corrected chi connectivity index (χ4v) is 4.22. The third kappa shape index (κ3) is 3.56. The summed E-state index contributed by atoms with van der Waals surface area (Å²) in [5.41, 5.74) is 5.73. The summed E-state index contributed by atoms with van der Waals surface area (Å²) in [7, 11) is 1.69. The van der Waals surface area contributed by atoms with Gasteiger partial charge >= 0.3 is 0 Å². The van der Waals surface area contributed by atoms with E-state index in [0.29, 0.717) is 18.1 Å². The zero-order valence-electron chi connectivity index (χ0n) is 17.1. The number of allylic oxidation sites excluding steroid dienone is 5. The topological polar surface area (TPSA) is 26.3 Å². The molecule has 2 aliphatic rings. The van der Waals surface area contributed by atoms with Crippen molar-refractivity contribution in [3.05, 3.63) is 59.2 Å². The first-order valence-corrected chi connectivity index (χ1v) is 9.63. The third-order valence-electron chi connectivity index (χ3n) is 5.95. The Labute approximate surface area is 158 Å². The van der Waals surface area contributed by atoms with Gasteiger partial charge in [-0.15, -0.1) is 0 Å². The third-order valence-corrected chi connectivity index (χ3v) is 5.95. The Morgan fingerprint density at radius 2 is 2.00 bits per heavy atom. The number of ketones is 1. The van der Waals surface area contributed by atoms with Crippen LogP contribution in [0.2, 0.25) is 0 Å². The van der Waals surface area contributed by atoms with Gasteiger partial charge in [0.05, 0.1) is 7.11 Å². The standard InChI is InChI=1S/C22H26O2.C2H6/c1-14-13-22(4)16(3)20(10-9-18(22)12-21(14)23)15(2)17-7-6-8-19(11-17)24-5;1-2/h6-8,11,13,18H,3,9-10,12H2,1-2,4-5H3;1-2H3/b20-15+;. The molecule has 2 atom stereocenters. The fraction of sp³-hybridized carbons (Fsp3) is 0.458. The van der Waals surface area contributed by atoms with Crippen LogP contribution in [0.15, 0.2) is 53.6 Å². The van der Waals surface area contributed by atoms with Crippen molar-refractivity contribution in [2.24, 2.45) is 11.3 Å². The molecule has 0 radical (unpaired) electrons. The molecule has 0 spiro atoms. The lowest BCUT2D eigenvalue weighted by Crippen LogP contribution is -2.37. The van der Waals surface area contributed by atoms with E-state index in [1.54, 1.807) is 7.11 Å². The molecule has 0 heterocycles. The fourth-order valence-electron chi connectivity index (χ4n) is 4.22. The number of carbonyl (C=O) groups excluding carboxylic acids is 1. The van der Waals surface area contributed by atoms with E-state index in [9.17, 15) is 4.79 Å². The first-order chi connectivity index (χ1) is 12.4. The molecule has 1 aromatic carbocycles. The Hall–Kier alpha value is -2.09. The molecule has 0 saturated heterocycles. The van der Waals surface area contributed by atoms with Gasteiger partial charge in [-0.1, -0.05) is 45.6 Å².